The van der Waals surface area contributed by atoms with Gasteiger partial charge in [-0.05, 0) is 0 Å². The van der Waals surface area contributed by atoms with Gasteiger partial charge in [0, 0.05) is 0 Å². The predicted molar refractivity (Wildman–Crippen MR) is 28.9 cm³/mol. The molecule has 1 aliphatic rings. The Balaban J connectivity index is 2.53. The van der Waals surface area contributed by atoms with E-state index in [-0.39, 0.29) is 0 Å². The summed E-state index contributed by atoms with van der Waals surface area (Å²) in [7, 11) is 0. The average molecular weight is 152 g/mol. The molecule has 2 unspecified atom stereocenters. The molecular weight excluding hydrogens is 143 g/mol. The van der Waals surface area contributed by atoms with Gasteiger partial charge in [0.2, 0.25) is 0 Å². The normalized spacial score (nSPS) is 48.0. The summed E-state index contributed by atoms with van der Waals surface area (Å²) in [5, 5.41) is 25.8. The molecule has 3 N–H and O–H groups in total. The van der Waals surface area contributed by atoms with Crippen molar-refractivity contribution in [1.29, 1.82) is 0 Å². The number of hydrogen-bond acceptors (Lipinski definition) is 4. The molecule has 0 radical (unpaired) electrons. The third-order valence-electron chi connectivity index (χ3n) is 1.47. The molecule has 0 spiro atoms. The Labute approximate surface area is 56.9 Å². The SMILES string of the molecule is OC[C@H]1OC(O)C(F)[C@@H]1O. The van der Waals surface area contributed by atoms with Crippen molar-refractivity contribution in [2.45, 2.75) is 24.7 Å². The van der Waals surface area contributed by atoms with Gasteiger partial charge in [-0.15, -0.1) is 0 Å². The first-order valence-corrected chi connectivity index (χ1v) is 2.93. The molecule has 1 fully saturated rings. The van der Waals surface area contributed by atoms with Gasteiger partial charge in [0.15, 0.2) is 12.5 Å². The second-order valence-electron chi connectivity index (χ2n) is 2.18. The smallest absolute Gasteiger partial charge is 0.189 e. The summed E-state index contributed by atoms with van der Waals surface area (Å²) in [6, 6.07) is 0. The molecule has 1 aliphatic heterocycles. The molecule has 60 valence electrons. The highest BCUT2D eigenvalue weighted by atomic mass is 19.1. The molecule has 0 aromatic heterocycles. The monoisotopic (exact) mass is 152 g/mol. The van der Waals surface area contributed by atoms with Crippen LogP contribution in [0.4, 0.5) is 4.39 Å². The van der Waals surface area contributed by atoms with Crippen molar-refractivity contribution in [3.05, 3.63) is 0 Å². The number of alkyl halides is 1. The van der Waals surface area contributed by atoms with E-state index in [9.17, 15) is 4.39 Å². The highest BCUT2D eigenvalue weighted by Gasteiger charge is 2.42. The van der Waals surface area contributed by atoms with Crippen LogP contribution in [-0.4, -0.2) is 46.6 Å². The van der Waals surface area contributed by atoms with Gasteiger partial charge in [0.1, 0.15) is 12.2 Å². The van der Waals surface area contributed by atoms with Gasteiger partial charge in [-0.1, -0.05) is 0 Å². The Morgan fingerprint density at radius 1 is 1.40 bits per heavy atom. The number of hydrogen-bond donors (Lipinski definition) is 3. The summed E-state index contributed by atoms with van der Waals surface area (Å²) in [5.74, 6) is 0. The molecule has 1 saturated heterocycles. The molecule has 10 heavy (non-hydrogen) atoms. The van der Waals surface area contributed by atoms with Gasteiger partial charge in [-0.3, -0.25) is 0 Å². The molecular formula is C5H9FO4. The van der Waals surface area contributed by atoms with Crippen molar-refractivity contribution < 1.29 is 24.4 Å². The highest BCUT2D eigenvalue weighted by Crippen LogP contribution is 2.21. The maximum atomic E-state index is 12.4. The zero-order chi connectivity index (χ0) is 7.72. The molecule has 0 bridgehead atoms. The van der Waals surface area contributed by atoms with Crippen LogP contribution in [0.2, 0.25) is 0 Å². The van der Waals surface area contributed by atoms with Crippen molar-refractivity contribution in [2.24, 2.45) is 0 Å². The van der Waals surface area contributed by atoms with Crippen LogP contribution in [0.1, 0.15) is 0 Å². The van der Waals surface area contributed by atoms with E-state index in [1.54, 1.807) is 0 Å². The Hall–Kier alpha value is -0.230. The Bertz CT molecular complexity index is 120. The topological polar surface area (TPSA) is 69.9 Å². The summed E-state index contributed by atoms with van der Waals surface area (Å²) in [6.45, 7) is -0.487. The molecule has 4 nitrogen and oxygen atoms in total. The summed E-state index contributed by atoms with van der Waals surface area (Å²) in [4.78, 5) is 0. The second kappa shape index (κ2) is 2.79. The minimum absolute atomic E-state index is 0.487. The van der Waals surface area contributed by atoms with Gasteiger partial charge in [-0.2, -0.15) is 0 Å². The maximum Gasteiger partial charge on any atom is 0.189 e. The minimum Gasteiger partial charge on any atom is -0.394 e. The zero-order valence-electron chi connectivity index (χ0n) is 5.14. The third-order valence-corrected chi connectivity index (χ3v) is 1.47. The number of rotatable bonds is 1. The Morgan fingerprint density at radius 3 is 2.20 bits per heavy atom. The highest BCUT2D eigenvalue weighted by molar-refractivity contribution is 4.85. The van der Waals surface area contributed by atoms with Crippen molar-refractivity contribution in [1.82, 2.24) is 0 Å². The van der Waals surface area contributed by atoms with E-state index in [2.05, 4.69) is 4.74 Å². The molecule has 0 aromatic carbocycles. The zero-order valence-corrected chi connectivity index (χ0v) is 5.14. The van der Waals surface area contributed by atoms with Crippen LogP contribution in [0.25, 0.3) is 0 Å². The fourth-order valence-corrected chi connectivity index (χ4v) is 0.859. The second-order valence-corrected chi connectivity index (χ2v) is 2.18. The quantitative estimate of drug-likeness (QED) is 0.423. The summed E-state index contributed by atoms with van der Waals surface area (Å²) < 4.78 is 16.8. The van der Waals surface area contributed by atoms with Crippen molar-refractivity contribution in [2.75, 3.05) is 6.61 Å². The van der Waals surface area contributed by atoms with Crippen LogP contribution in [0, 0.1) is 0 Å². The van der Waals surface area contributed by atoms with Crippen LogP contribution in [0.3, 0.4) is 0 Å². The summed E-state index contributed by atoms with van der Waals surface area (Å²) in [6.07, 6.45) is -5.82. The first-order chi connectivity index (χ1) is 4.66. The van der Waals surface area contributed by atoms with E-state index < -0.39 is 31.3 Å². The Kier molecular flexibility index (Phi) is 2.20. The van der Waals surface area contributed by atoms with E-state index >= 15 is 0 Å². The predicted octanol–water partition coefficient (Wildman–Crippen LogP) is -1.61. The van der Waals surface area contributed by atoms with Crippen molar-refractivity contribution in [3.63, 3.8) is 0 Å². The van der Waals surface area contributed by atoms with E-state index in [0.29, 0.717) is 0 Å². The standard InChI is InChI=1S/C5H9FO4/c6-3-4(8)2(1-7)10-5(3)9/h2-5,7-9H,1H2/t2-,3?,4-,5?/m1/s1. The van der Waals surface area contributed by atoms with Crippen molar-refractivity contribution in [3.8, 4) is 0 Å². The molecule has 0 aliphatic carbocycles. The maximum absolute atomic E-state index is 12.4. The molecule has 0 saturated carbocycles. The van der Waals surface area contributed by atoms with E-state index in [1.165, 1.54) is 0 Å². The van der Waals surface area contributed by atoms with E-state index in [0.717, 1.165) is 0 Å². The van der Waals surface area contributed by atoms with Gasteiger partial charge in [0.25, 0.3) is 0 Å². The van der Waals surface area contributed by atoms with Crippen LogP contribution < -0.4 is 0 Å². The molecule has 5 heteroatoms. The third kappa shape index (κ3) is 1.13. The van der Waals surface area contributed by atoms with Crippen molar-refractivity contribution >= 4 is 0 Å². The molecule has 4 atom stereocenters. The minimum atomic E-state index is -1.81. The molecule has 0 aromatic rings. The number of aliphatic hydroxyl groups excluding tert-OH is 3. The lowest BCUT2D eigenvalue weighted by Crippen LogP contribution is -2.30. The first kappa shape index (κ1) is 7.87. The lowest BCUT2D eigenvalue weighted by molar-refractivity contribution is -0.121. The molecule has 0 amide bonds. The lowest BCUT2D eigenvalue weighted by Gasteiger charge is -2.08. The molecule has 1 heterocycles. The number of aliphatic hydroxyl groups is 3. The summed E-state index contributed by atoms with van der Waals surface area (Å²) in [5.41, 5.74) is 0. The fourth-order valence-electron chi connectivity index (χ4n) is 0.859. The van der Waals surface area contributed by atoms with Gasteiger partial charge in [0.05, 0.1) is 6.61 Å². The lowest BCUT2D eigenvalue weighted by atomic mass is 10.2. The van der Waals surface area contributed by atoms with E-state index in [1.807, 2.05) is 0 Å². The fraction of sp³-hybridized carbons (Fsp3) is 1.00. The van der Waals surface area contributed by atoms with Crippen LogP contribution >= 0.6 is 0 Å². The van der Waals surface area contributed by atoms with E-state index in [4.69, 9.17) is 15.3 Å². The number of ether oxygens (including phenoxy) is 1. The van der Waals surface area contributed by atoms with Crippen LogP contribution in [0.15, 0.2) is 0 Å². The summed E-state index contributed by atoms with van der Waals surface area (Å²) >= 11 is 0. The first-order valence-electron chi connectivity index (χ1n) is 2.93. The largest absolute Gasteiger partial charge is 0.394 e. The Morgan fingerprint density at radius 2 is 2.00 bits per heavy atom. The molecule has 1 rings (SSSR count). The van der Waals surface area contributed by atoms with Crippen LogP contribution in [-0.2, 0) is 4.74 Å². The van der Waals surface area contributed by atoms with Gasteiger partial charge < -0.3 is 20.1 Å². The average Bonchev–Trinajstić information content (AvgIpc) is 2.17. The van der Waals surface area contributed by atoms with Crippen LogP contribution in [0.5, 0.6) is 0 Å². The van der Waals surface area contributed by atoms with Gasteiger partial charge >= 0.3 is 0 Å². The van der Waals surface area contributed by atoms with Gasteiger partial charge in [-0.25, -0.2) is 4.39 Å². The number of halogens is 1.